The molecule has 1 N–H and O–H groups in total. The number of hydrogen-bond acceptors (Lipinski definition) is 5. The fraction of sp³-hybridized carbons (Fsp3) is 0.0667. The molecular formula is C15H13N3O4. The molecule has 0 radical (unpaired) electrons. The molecule has 0 saturated heterocycles. The summed E-state index contributed by atoms with van der Waals surface area (Å²) < 4.78 is 5.13. The zero-order valence-electron chi connectivity index (χ0n) is 11.7. The highest BCUT2D eigenvalue weighted by atomic mass is 16.6. The number of hydrogen-bond donors (Lipinski definition) is 1. The highest BCUT2D eigenvalue weighted by molar-refractivity contribution is 5.99. The minimum atomic E-state index is -0.524. The summed E-state index contributed by atoms with van der Waals surface area (Å²) in [7, 11) is 0. The lowest BCUT2D eigenvalue weighted by Gasteiger charge is -2.00. The van der Waals surface area contributed by atoms with Crippen molar-refractivity contribution in [2.24, 2.45) is 5.10 Å². The average molecular weight is 299 g/mol. The van der Waals surface area contributed by atoms with Crippen LogP contribution < -0.4 is 5.43 Å². The molecule has 0 aliphatic rings. The number of furan rings is 1. The standard InChI is InChI=1S/C15H13N3O4/c1-11(4-9-14-3-2-10-22-14)16-17-15(19)12-5-7-13(8-6-12)18(20)21/h2-10H,1H3,(H,17,19)/b9-4+,16-11+. The summed E-state index contributed by atoms with van der Waals surface area (Å²) in [6.07, 6.45) is 4.97. The van der Waals surface area contributed by atoms with E-state index in [-0.39, 0.29) is 11.3 Å². The molecule has 112 valence electrons. The van der Waals surface area contributed by atoms with Gasteiger partial charge in [-0.15, -0.1) is 0 Å². The summed E-state index contributed by atoms with van der Waals surface area (Å²) in [5, 5.41) is 14.4. The highest BCUT2D eigenvalue weighted by Crippen LogP contribution is 2.11. The lowest BCUT2D eigenvalue weighted by molar-refractivity contribution is -0.384. The van der Waals surface area contributed by atoms with Gasteiger partial charge < -0.3 is 4.42 Å². The first-order valence-corrected chi connectivity index (χ1v) is 6.37. The Balaban J connectivity index is 1.96. The monoisotopic (exact) mass is 299 g/mol. The number of hydrazone groups is 1. The molecule has 0 bridgehead atoms. The number of nitrogens with one attached hydrogen (secondary N) is 1. The van der Waals surface area contributed by atoms with Crippen LogP contribution in [-0.4, -0.2) is 16.5 Å². The van der Waals surface area contributed by atoms with E-state index in [1.165, 1.54) is 24.3 Å². The molecule has 7 heteroatoms. The van der Waals surface area contributed by atoms with Crippen molar-refractivity contribution in [3.8, 4) is 0 Å². The molecule has 2 rings (SSSR count). The van der Waals surface area contributed by atoms with Crippen LogP contribution in [0.2, 0.25) is 0 Å². The van der Waals surface area contributed by atoms with Gasteiger partial charge in [0.2, 0.25) is 0 Å². The summed E-state index contributed by atoms with van der Waals surface area (Å²) >= 11 is 0. The number of allylic oxidation sites excluding steroid dienone is 1. The minimum absolute atomic E-state index is 0.0717. The topological polar surface area (TPSA) is 97.7 Å². The van der Waals surface area contributed by atoms with Gasteiger partial charge in [0.05, 0.1) is 16.9 Å². The van der Waals surface area contributed by atoms with Gasteiger partial charge >= 0.3 is 0 Å². The number of non-ortho nitro benzene ring substituents is 1. The third kappa shape index (κ3) is 4.14. The number of carbonyl (C=O) groups excluding carboxylic acids is 1. The molecule has 1 aromatic heterocycles. The van der Waals surface area contributed by atoms with Crippen LogP contribution in [0.5, 0.6) is 0 Å². The second-order valence-electron chi connectivity index (χ2n) is 4.35. The van der Waals surface area contributed by atoms with E-state index in [0.717, 1.165) is 0 Å². The van der Waals surface area contributed by atoms with E-state index in [1.807, 2.05) is 0 Å². The van der Waals surface area contributed by atoms with E-state index in [9.17, 15) is 14.9 Å². The molecule has 1 amide bonds. The maximum absolute atomic E-state index is 11.8. The lowest BCUT2D eigenvalue weighted by atomic mass is 10.2. The second-order valence-corrected chi connectivity index (χ2v) is 4.35. The Labute approximate surface area is 126 Å². The molecule has 0 aliphatic heterocycles. The number of nitrogens with zero attached hydrogens (tertiary/aromatic N) is 2. The SMILES string of the molecule is CC(/C=C/c1ccco1)=N\NC(=O)c1ccc([N+](=O)[O-])cc1. The van der Waals surface area contributed by atoms with Crippen molar-refractivity contribution in [1.82, 2.24) is 5.43 Å². The highest BCUT2D eigenvalue weighted by Gasteiger charge is 2.08. The number of nitro benzene ring substituents is 1. The number of benzene rings is 1. The second kappa shape index (κ2) is 6.98. The van der Waals surface area contributed by atoms with Gasteiger partial charge in [0, 0.05) is 17.7 Å². The maximum Gasteiger partial charge on any atom is 0.271 e. The molecule has 0 saturated carbocycles. The van der Waals surface area contributed by atoms with Crippen LogP contribution in [0.25, 0.3) is 6.08 Å². The molecule has 2 aromatic rings. The minimum Gasteiger partial charge on any atom is -0.465 e. The van der Waals surface area contributed by atoms with Crippen molar-refractivity contribution < 1.29 is 14.1 Å². The summed E-state index contributed by atoms with van der Waals surface area (Å²) in [5.41, 5.74) is 3.17. The average Bonchev–Trinajstić information content (AvgIpc) is 3.04. The lowest BCUT2D eigenvalue weighted by Crippen LogP contribution is -2.18. The summed E-state index contributed by atoms with van der Waals surface area (Å²) in [4.78, 5) is 21.8. The van der Waals surface area contributed by atoms with Crippen molar-refractivity contribution in [3.05, 3.63) is 70.2 Å². The summed E-state index contributed by atoms with van der Waals surface area (Å²) in [5.74, 6) is 0.233. The Bertz CT molecular complexity index is 716. The van der Waals surface area contributed by atoms with Gasteiger partial charge in [0.1, 0.15) is 5.76 Å². The number of rotatable bonds is 5. The van der Waals surface area contributed by atoms with Crippen LogP contribution >= 0.6 is 0 Å². The molecule has 0 aliphatic carbocycles. The smallest absolute Gasteiger partial charge is 0.271 e. The van der Waals surface area contributed by atoms with Gasteiger partial charge in [-0.3, -0.25) is 14.9 Å². The van der Waals surface area contributed by atoms with E-state index in [0.29, 0.717) is 11.5 Å². The Morgan fingerprint density at radius 1 is 1.32 bits per heavy atom. The Morgan fingerprint density at radius 3 is 2.64 bits per heavy atom. The molecule has 1 aromatic carbocycles. The van der Waals surface area contributed by atoms with E-state index in [4.69, 9.17) is 4.42 Å². The van der Waals surface area contributed by atoms with Crippen LogP contribution in [0, 0.1) is 10.1 Å². The van der Waals surface area contributed by atoms with E-state index in [1.54, 1.807) is 37.5 Å². The molecule has 7 nitrogen and oxygen atoms in total. The van der Waals surface area contributed by atoms with Crippen LogP contribution in [0.1, 0.15) is 23.0 Å². The normalized spacial score (nSPS) is 11.6. The van der Waals surface area contributed by atoms with Crippen LogP contribution in [0.4, 0.5) is 5.69 Å². The number of carbonyl (C=O) groups is 1. The predicted octanol–water partition coefficient (Wildman–Crippen LogP) is 3.01. The van der Waals surface area contributed by atoms with E-state index < -0.39 is 10.8 Å². The molecule has 0 unspecified atom stereocenters. The van der Waals surface area contributed by atoms with Gasteiger partial charge in [-0.1, -0.05) is 0 Å². The first kappa shape index (κ1) is 15.2. The van der Waals surface area contributed by atoms with Crippen LogP contribution in [-0.2, 0) is 0 Å². The van der Waals surface area contributed by atoms with Crippen molar-refractivity contribution in [2.45, 2.75) is 6.92 Å². The zero-order valence-corrected chi connectivity index (χ0v) is 11.7. The number of nitro groups is 1. The molecule has 0 atom stereocenters. The Morgan fingerprint density at radius 2 is 2.05 bits per heavy atom. The molecule has 22 heavy (non-hydrogen) atoms. The number of amides is 1. The molecule has 0 spiro atoms. The quantitative estimate of drug-likeness (QED) is 0.521. The molecule has 1 heterocycles. The fourth-order valence-corrected chi connectivity index (χ4v) is 1.56. The van der Waals surface area contributed by atoms with Gasteiger partial charge in [0.25, 0.3) is 11.6 Å². The van der Waals surface area contributed by atoms with Crippen LogP contribution in [0.3, 0.4) is 0 Å². The third-order valence-electron chi connectivity index (χ3n) is 2.71. The van der Waals surface area contributed by atoms with Gasteiger partial charge in [-0.2, -0.15) is 5.10 Å². The van der Waals surface area contributed by atoms with Crippen molar-refractivity contribution in [3.63, 3.8) is 0 Å². The zero-order chi connectivity index (χ0) is 15.9. The maximum atomic E-state index is 11.8. The van der Waals surface area contributed by atoms with Gasteiger partial charge in [-0.25, -0.2) is 5.43 Å². The van der Waals surface area contributed by atoms with Crippen molar-refractivity contribution in [2.75, 3.05) is 0 Å². The summed E-state index contributed by atoms with van der Waals surface area (Å²) in [6.45, 7) is 1.72. The molecule has 0 fully saturated rings. The first-order chi connectivity index (χ1) is 10.6. The van der Waals surface area contributed by atoms with Gasteiger partial charge in [0.15, 0.2) is 0 Å². The largest absolute Gasteiger partial charge is 0.465 e. The predicted molar refractivity (Wildman–Crippen MR) is 81.4 cm³/mol. The van der Waals surface area contributed by atoms with Crippen molar-refractivity contribution in [1.29, 1.82) is 0 Å². The summed E-state index contributed by atoms with van der Waals surface area (Å²) in [6, 6.07) is 8.83. The Kier molecular flexibility index (Phi) is 4.81. The molecular weight excluding hydrogens is 286 g/mol. The van der Waals surface area contributed by atoms with E-state index >= 15 is 0 Å². The first-order valence-electron chi connectivity index (χ1n) is 6.37. The van der Waals surface area contributed by atoms with Crippen LogP contribution in [0.15, 0.2) is 58.3 Å². The van der Waals surface area contributed by atoms with Gasteiger partial charge in [-0.05, 0) is 43.3 Å². The van der Waals surface area contributed by atoms with Crippen molar-refractivity contribution >= 4 is 23.4 Å². The fourth-order valence-electron chi connectivity index (χ4n) is 1.56. The van der Waals surface area contributed by atoms with E-state index in [2.05, 4.69) is 10.5 Å². The third-order valence-corrected chi connectivity index (χ3v) is 2.71. The Hall–Kier alpha value is -3.22.